The molecule has 1 amide bonds. The fourth-order valence-electron chi connectivity index (χ4n) is 3.28. The number of aromatic amines is 1. The standard InChI is InChI=1S/C17H24N4O/c1-13(22)18-10-9-14-6-4-5-11-21(14)12-17-19-15-7-2-3-8-16(15)20-17/h2-3,7-8,14H,4-6,9-12H2,1H3,(H,18,22)(H,19,20)/t14-/m0/s1. The van der Waals surface area contributed by atoms with Crippen molar-refractivity contribution in [2.24, 2.45) is 0 Å². The summed E-state index contributed by atoms with van der Waals surface area (Å²) in [5.41, 5.74) is 2.13. The lowest BCUT2D eigenvalue weighted by Crippen LogP contribution is -2.41. The summed E-state index contributed by atoms with van der Waals surface area (Å²) >= 11 is 0. The zero-order chi connectivity index (χ0) is 15.4. The molecule has 1 atom stereocenters. The van der Waals surface area contributed by atoms with Crippen LogP contribution in [0.25, 0.3) is 11.0 Å². The van der Waals surface area contributed by atoms with Crippen molar-refractivity contribution in [2.45, 2.75) is 45.2 Å². The topological polar surface area (TPSA) is 61.0 Å². The number of H-pyrrole nitrogens is 1. The summed E-state index contributed by atoms with van der Waals surface area (Å²) in [4.78, 5) is 21.6. The molecule has 1 aromatic heterocycles. The normalized spacial score (nSPS) is 19.4. The highest BCUT2D eigenvalue weighted by Crippen LogP contribution is 2.22. The summed E-state index contributed by atoms with van der Waals surface area (Å²) in [5.74, 6) is 1.09. The number of benzene rings is 1. The first-order chi connectivity index (χ1) is 10.7. The molecule has 2 aromatic rings. The van der Waals surface area contributed by atoms with E-state index in [4.69, 9.17) is 0 Å². The average Bonchev–Trinajstić information content (AvgIpc) is 2.91. The van der Waals surface area contributed by atoms with Gasteiger partial charge in [0.15, 0.2) is 0 Å². The van der Waals surface area contributed by atoms with Crippen LogP contribution in [0.4, 0.5) is 0 Å². The Kier molecular flexibility index (Phi) is 4.73. The third-order valence-electron chi connectivity index (χ3n) is 4.39. The molecule has 0 aliphatic carbocycles. The van der Waals surface area contributed by atoms with E-state index >= 15 is 0 Å². The van der Waals surface area contributed by atoms with E-state index in [0.29, 0.717) is 6.04 Å². The minimum absolute atomic E-state index is 0.0552. The van der Waals surface area contributed by atoms with Gasteiger partial charge in [-0.2, -0.15) is 0 Å². The van der Waals surface area contributed by atoms with Crippen molar-refractivity contribution in [2.75, 3.05) is 13.1 Å². The van der Waals surface area contributed by atoms with Crippen LogP contribution in [0, 0.1) is 0 Å². The third-order valence-corrected chi connectivity index (χ3v) is 4.39. The molecule has 1 aliphatic heterocycles. The van der Waals surface area contributed by atoms with Gasteiger partial charge in [-0.3, -0.25) is 9.69 Å². The largest absolute Gasteiger partial charge is 0.356 e. The molecule has 0 unspecified atom stereocenters. The van der Waals surface area contributed by atoms with Crippen LogP contribution in [0.15, 0.2) is 24.3 Å². The van der Waals surface area contributed by atoms with Crippen molar-refractivity contribution in [3.8, 4) is 0 Å². The number of amides is 1. The van der Waals surface area contributed by atoms with Gasteiger partial charge in [-0.25, -0.2) is 4.98 Å². The molecule has 0 bridgehead atoms. The maximum Gasteiger partial charge on any atom is 0.216 e. The molecule has 22 heavy (non-hydrogen) atoms. The number of likely N-dealkylation sites (tertiary alicyclic amines) is 1. The maximum absolute atomic E-state index is 11.0. The Balaban J connectivity index is 1.64. The van der Waals surface area contributed by atoms with E-state index in [1.165, 1.54) is 19.3 Å². The first-order valence-electron chi connectivity index (χ1n) is 8.14. The van der Waals surface area contributed by atoms with E-state index in [1.807, 2.05) is 18.2 Å². The Bertz CT molecular complexity index is 603. The van der Waals surface area contributed by atoms with Crippen molar-refractivity contribution in [3.63, 3.8) is 0 Å². The van der Waals surface area contributed by atoms with E-state index in [-0.39, 0.29) is 5.91 Å². The SMILES string of the molecule is CC(=O)NCC[C@@H]1CCCCN1Cc1nc2ccccc2[nH]1. The quantitative estimate of drug-likeness (QED) is 0.891. The maximum atomic E-state index is 11.0. The summed E-state index contributed by atoms with van der Waals surface area (Å²) in [5, 5.41) is 2.91. The predicted octanol–water partition coefficient (Wildman–Crippen LogP) is 2.44. The summed E-state index contributed by atoms with van der Waals surface area (Å²) in [6.45, 7) is 4.31. The van der Waals surface area contributed by atoms with Gasteiger partial charge in [0.2, 0.25) is 5.91 Å². The Morgan fingerprint density at radius 1 is 1.41 bits per heavy atom. The van der Waals surface area contributed by atoms with Crippen LogP contribution >= 0.6 is 0 Å². The molecule has 0 saturated carbocycles. The molecule has 0 radical (unpaired) electrons. The molecule has 1 aliphatic rings. The lowest BCUT2D eigenvalue weighted by atomic mass is 9.99. The first kappa shape index (κ1) is 15.0. The molecule has 118 valence electrons. The lowest BCUT2D eigenvalue weighted by molar-refractivity contribution is -0.119. The summed E-state index contributed by atoms with van der Waals surface area (Å²) < 4.78 is 0. The van der Waals surface area contributed by atoms with Gasteiger partial charge in [0.05, 0.1) is 17.6 Å². The molecular formula is C17H24N4O. The zero-order valence-corrected chi connectivity index (χ0v) is 13.1. The molecule has 2 heterocycles. The van der Waals surface area contributed by atoms with Crippen molar-refractivity contribution < 1.29 is 4.79 Å². The molecule has 5 heteroatoms. The fraction of sp³-hybridized carbons (Fsp3) is 0.529. The number of hydrogen-bond donors (Lipinski definition) is 2. The number of imidazole rings is 1. The van der Waals surface area contributed by atoms with Crippen LogP contribution in [-0.4, -0.2) is 39.9 Å². The van der Waals surface area contributed by atoms with Gasteiger partial charge < -0.3 is 10.3 Å². The van der Waals surface area contributed by atoms with Crippen LogP contribution in [0.1, 0.15) is 38.4 Å². The van der Waals surface area contributed by atoms with Gasteiger partial charge in [0, 0.05) is 19.5 Å². The second kappa shape index (κ2) is 6.92. The number of carbonyl (C=O) groups is 1. The molecule has 1 aromatic carbocycles. The minimum Gasteiger partial charge on any atom is -0.356 e. The van der Waals surface area contributed by atoms with Gasteiger partial charge in [-0.1, -0.05) is 18.6 Å². The minimum atomic E-state index is 0.0552. The van der Waals surface area contributed by atoms with Crippen molar-refractivity contribution in [1.82, 2.24) is 20.2 Å². The smallest absolute Gasteiger partial charge is 0.216 e. The number of nitrogens with zero attached hydrogens (tertiary/aromatic N) is 2. The molecule has 5 nitrogen and oxygen atoms in total. The van der Waals surface area contributed by atoms with E-state index < -0.39 is 0 Å². The zero-order valence-electron chi connectivity index (χ0n) is 13.1. The summed E-state index contributed by atoms with van der Waals surface area (Å²) in [6, 6.07) is 8.69. The molecule has 2 N–H and O–H groups in total. The molecule has 1 fully saturated rings. The summed E-state index contributed by atoms with van der Waals surface area (Å²) in [6.07, 6.45) is 4.75. The monoisotopic (exact) mass is 300 g/mol. The van der Waals surface area contributed by atoms with Gasteiger partial charge >= 0.3 is 0 Å². The Hall–Kier alpha value is -1.88. The Morgan fingerprint density at radius 2 is 2.27 bits per heavy atom. The van der Waals surface area contributed by atoms with Crippen molar-refractivity contribution >= 4 is 16.9 Å². The van der Waals surface area contributed by atoms with E-state index in [2.05, 4.69) is 26.3 Å². The first-order valence-corrected chi connectivity index (χ1v) is 8.14. The highest BCUT2D eigenvalue weighted by Gasteiger charge is 2.23. The fourth-order valence-corrected chi connectivity index (χ4v) is 3.28. The molecule has 1 saturated heterocycles. The predicted molar refractivity (Wildman–Crippen MR) is 87.4 cm³/mol. The van der Waals surface area contributed by atoms with Crippen LogP contribution < -0.4 is 5.32 Å². The van der Waals surface area contributed by atoms with E-state index in [0.717, 1.165) is 42.9 Å². The van der Waals surface area contributed by atoms with Gasteiger partial charge in [0.1, 0.15) is 5.82 Å². The highest BCUT2D eigenvalue weighted by atomic mass is 16.1. The van der Waals surface area contributed by atoms with Crippen LogP contribution in [0.5, 0.6) is 0 Å². The second-order valence-electron chi connectivity index (χ2n) is 6.09. The van der Waals surface area contributed by atoms with Crippen molar-refractivity contribution in [3.05, 3.63) is 30.1 Å². The summed E-state index contributed by atoms with van der Waals surface area (Å²) in [7, 11) is 0. The van der Waals surface area contributed by atoms with Gasteiger partial charge in [0.25, 0.3) is 0 Å². The highest BCUT2D eigenvalue weighted by molar-refractivity contribution is 5.74. The van der Waals surface area contributed by atoms with E-state index in [1.54, 1.807) is 6.92 Å². The Labute approximate surface area is 131 Å². The number of rotatable bonds is 5. The Morgan fingerprint density at radius 3 is 3.09 bits per heavy atom. The third kappa shape index (κ3) is 3.65. The second-order valence-corrected chi connectivity index (χ2v) is 6.09. The van der Waals surface area contributed by atoms with Crippen LogP contribution in [-0.2, 0) is 11.3 Å². The number of carbonyl (C=O) groups excluding carboxylic acids is 1. The number of nitrogens with one attached hydrogen (secondary N) is 2. The lowest BCUT2D eigenvalue weighted by Gasteiger charge is -2.35. The van der Waals surface area contributed by atoms with Crippen molar-refractivity contribution in [1.29, 1.82) is 0 Å². The van der Waals surface area contributed by atoms with Gasteiger partial charge in [-0.05, 0) is 37.9 Å². The van der Waals surface area contributed by atoms with E-state index in [9.17, 15) is 4.79 Å². The number of aromatic nitrogens is 2. The molecule has 0 spiro atoms. The van der Waals surface area contributed by atoms with Crippen LogP contribution in [0.2, 0.25) is 0 Å². The average molecular weight is 300 g/mol. The van der Waals surface area contributed by atoms with Crippen LogP contribution in [0.3, 0.4) is 0 Å². The number of piperidine rings is 1. The molecule has 3 rings (SSSR count). The molecular weight excluding hydrogens is 276 g/mol. The number of para-hydroxylation sites is 2. The van der Waals surface area contributed by atoms with Gasteiger partial charge in [-0.15, -0.1) is 0 Å². The number of fused-ring (bicyclic) bond motifs is 1. The number of hydrogen-bond acceptors (Lipinski definition) is 3.